The lowest BCUT2D eigenvalue weighted by atomic mass is 9.97. The Morgan fingerprint density at radius 3 is 2.42 bits per heavy atom. The number of benzene rings is 1. The van der Waals surface area contributed by atoms with Crippen LogP contribution >= 0.6 is 23.2 Å². The smallest absolute Gasteiger partial charge is 0.327 e. The van der Waals surface area contributed by atoms with Crippen molar-refractivity contribution in [1.29, 1.82) is 0 Å². The van der Waals surface area contributed by atoms with E-state index in [1.54, 1.807) is 13.0 Å². The second-order valence-corrected chi connectivity index (χ2v) is 8.32. The third-order valence-corrected chi connectivity index (χ3v) is 5.31. The number of Topliss-reactive ketones (excluding diaryl/α,β-unsaturated/α-hetero) is 2. The summed E-state index contributed by atoms with van der Waals surface area (Å²) in [6, 6.07) is 2.83. The van der Waals surface area contributed by atoms with Crippen molar-refractivity contribution in [2.45, 2.75) is 27.2 Å². The van der Waals surface area contributed by atoms with Crippen molar-refractivity contribution >= 4 is 58.3 Å². The van der Waals surface area contributed by atoms with Gasteiger partial charge in [0.1, 0.15) is 18.8 Å². The van der Waals surface area contributed by atoms with Crippen molar-refractivity contribution in [2.75, 3.05) is 19.7 Å². The molecule has 0 saturated heterocycles. The van der Waals surface area contributed by atoms with Gasteiger partial charge in [-0.3, -0.25) is 19.2 Å². The molecule has 1 aromatic rings. The van der Waals surface area contributed by atoms with E-state index < -0.39 is 30.6 Å². The summed E-state index contributed by atoms with van der Waals surface area (Å²) >= 11 is 12.7. The van der Waals surface area contributed by atoms with Crippen molar-refractivity contribution in [3.63, 3.8) is 0 Å². The van der Waals surface area contributed by atoms with Crippen LogP contribution in [0.4, 0.5) is 0 Å². The van der Waals surface area contributed by atoms with Gasteiger partial charge in [-0.15, -0.1) is 0 Å². The fourth-order valence-corrected chi connectivity index (χ4v) is 3.73. The van der Waals surface area contributed by atoms with E-state index in [2.05, 4.69) is 10.1 Å². The number of ether oxygens (including phenoxy) is 2. The second kappa shape index (κ2) is 10.3. The molecule has 2 aliphatic rings. The number of ketones is 2. The Bertz CT molecular complexity index is 1100. The number of esters is 1. The predicted molar refractivity (Wildman–Crippen MR) is 122 cm³/mol. The molecule has 0 radical (unpaired) electrons. The Morgan fingerprint density at radius 2 is 1.82 bits per heavy atom. The number of carbonyl (C=O) groups excluding carboxylic acids is 4. The SMILES string of the molecule is CCOC(=O)CN1N=C(c2cc(Cl)c(OC3=NCC(=O)C(C(C)C)=C3)c(Cl)c2)C(=O)CC1=O. The molecule has 1 amide bonds. The molecular weight excluding hydrogens is 473 g/mol. The number of dihydropyridines is 1. The molecule has 2 heterocycles. The quantitative estimate of drug-likeness (QED) is 0.444. The fourth-order valence-electron chi connectivity index (χ4n) is 3.16. The molecule has 2 aliphatic heterocycles. The van der Waals surface area contributed by atoms with Crippen LogP contribution in [0.15, 0.2) is 33.9 Å². The molecule has 0 saturated carbocycles. The minimum atomic E-state index is -0.649. The van der Waals surface area contributed by atoms with Gasteiger partial charge in [0, 0.05) is 17.2 Å². The number of hydrogen-bond donors (Lipinski definition) is 0. The zero-order valence-electron chi connectivity index (χ0n) is 18.2. The minimum Gasteiger partial charge on any atom is -0.465 e. The number of amides is 1. The fraction of sp³-hybridized carbons (Fsp3) is 0.364. The van der Waals surface area contributed by atoms with Gasteiger partial charge in [-0.1, -0.05) is 37.0 Å². The molecule has 0 unspecified atom stereocenters. The largest absolute Gasteiger partial charge is 0.465 e. The molecule has 3 rings (SSSR count). The number of aliphatic imine (C=N–C) groups is 1. The van der Waals surface area contributed by atoms with Crippen LogP contribution in [0.2, 0.25) is 10.0 Å². The normalized spacial score (nSPS) is 16.5. The summed E-state index contributed by atoms with van der Waals surface area (Å²) in [7, 11) is 0. The lowest BCUT2D eigenvalue weighted by Gasteiger charge is -2.22. The maximum absolute atomic E-state index is 12.4. The van der Waals surface area contributed by atoms with Crippen LogP contribution in [-0.4, -0.2) is 59.8 Å². The Balaban J connectivity index is 1.89. The molecule has 0 aromatic heterocycles. The van der Waals surface area contributed by atoms with Crippen LogP contribution in [-0.2, 0) is 23.9 Å². The van der Waals surface area contributed by atoms with Gasteiger partial charge in [0.15, 0.2) is 17.3 Å². The first-order chi connectivity index (χ1) is 15.6. The highest BCUT2D eigenvalue weighted by atomic mass is 35.5. The number of hydrazone groups is 1. The van der Waals surface area contributed by atoms with Crippen LogP contribution in [0.5, 0.6) is 5.75 Å². The Labute approximate surface area is 200 Å². The van der Waals surface area contributed by atoms with Crippen molar-refractivity contribution in [3.8, 4) is 5.75 Å². The van der Waals surface area contributed by atoms with Gasteiger partial charge in [0.05, 0.1) is 23.1 Å². The standard InChI is InChI=1S/C22H21Cl2N3O6/c1-4-32-20(31)10-27-19(30)8-16(28)21(26-27)12-5-14(23)22(15(24)6-12)33-18-7-13(11(2)3)17(29)9-25-18/h5-7,11H,4,8-10H2,1-3H3. The van der Waals surface area contributed by atoms with Crippen LogP contribution in [0.1, 0.15) is 32.8 Å². The molecule has 0 fully saturated rings. The van der Waals surface area contributed by atoms with Gasteiger partial charge in [-0.25, -0.2) is 10.0 Å². The molecule has 33 heavy (non-hydrogen) atoms. The van der Waals surface area contributed by atoms with E-state index in [4.69, 9.17) is 32.7 Å². The van der Waals surface area contributed by atoms with E-state index >= 15 is 0 Å². The lowest BCUT2D eigenvalue weighted by molar-refractivity contribution is -0.150. The highest BCUT2D eigenvalue weighted by molar-refractivity contribution is 6.50. The molecule has 11 heteroatoms. The van der Waals surface area contributed by atoms with E-state index in [1.807, 2.05) is 13.8 Å². The summed E-state index contributed by atoms with van der Waals surface area (Å²) in [5.41, 5.74) is 0.761. The monoisotopic (exact) mass is 493 g/mol. The first-order valence-electron chi connectivity index (χ1n) is 10.1. The van der Waals surface area contributed by atoms with Gasteiger partial charge in [0.25, 0.3) is 5.91 Å². The van der Waals surface area contributed by atoms with Crippen molar-refractivity contribution in [3.05, 3.63) is 39.4 Å². The second-order valence-electron chi connectivity index (χ2n) is 7.51. The molecule has 0 aliphatic carbocycles. The number of nitrogens with zero attached hydrogens (tertiary/aromatic N) is 3. The average molecular weight is 494 g/mol. The summed E-state index contributed by atoms with van der Waals surface area (Å²) in [6.45, 7) is 5.10. The molecule has 0 bridgehead atoms. The Hall–Kier alpha value is -3.04. The number of halogens is 2. The van der Waals surface area contributed by atoms with E-state index in [9.17, 15) is 19.2 Å². The highest BCUT2D eigenvalue weighted by Crippen LogP contribution is 2.35. The third kappa shape index (κ3) is 5.66. The summed E-state index contributed by atoms with van der Waals surface area (Å²) in [6.07, 6.45) is 1.09. The van der Waals surface area contributed by atoms with E-state index in [0.717, 1.165) is 5.01 Å². The van der Waals surface area contributed by atoms with Crippen LogP contribution in [0.25, 0.3) is 0 Å². The molecule has 0 atom stereocenters. The first kappa shape index (κ1) is 24.6. The summed E-state index contributed by atoms with van der Waals surface area (Å²) < 4.78 is 10.6. The zero-order chi connectivity index (χ0) is 24.3. The average Bonchev–Trinajstić information content (AvgIpc) is 2.73. The number of rotatable bonds is 6. The lowest BCUT2D eigenvalue weighted by Crippen LogP contribution is -2.40. The maximum atomic E-state index is 12.4. The highest BCUT2D eigenvalue weighted by Gasteiger charge is 2.31. The minimum absolute atomic E-state index is 0.00416. The van der Waals surface area contributed by atoms with Gasteiger partial charge in [0.2, 0.25) is 5.90 Å². The predicted octanol–water partition coefficient (Wildman–Crippen LogP) is 3.00. The Morgan fingerprint density at radius 1 is 1.15 bits per heavy atom. The molecule has 9 nitrogen and oxygen atoms in total. The van der Waals surface area contributed by atoms with Crippen molar-refractivity contribution in [2.24, 2.45) is 16.0 Å². The summed E-state index contributed by atoms with van der Waals surface area (Å²) in [5.74, 6) is -1.61. The van der Waals surface area contributed by atoms with Gasteiger partial charge < -0.3 is 9.47 Å². The van der Waals surface area contributed by atoms with Crippen molar-refractivity contribution in [1.82, 2.24) is 5.01 Å². The van der Waals surface area contributed by atoms with E-state index in [-0.39, 0.29) is 57.8 Å². The van der Waals surface area contributed by atoms with Crippen LogP contribution < -0.4 is 4.74 Å². The maximum Gasteiger partial charge on any atom is 0.327 e. The summed E-state index contributed by atoms with van der Waals surface area (Å²) in [4.78, 5) is 52.4. The first-order valence-corrected chi connectivity index (χ1v) is 10.9. The van der Waals surface area contributed by atoms with Crippen molar-refractivity contribution < 1.29 is 28.7 Å². The molecule has 0 N–H and O–H groups in total. The zero-order valence-corrected chi connectivity index (χ0v) is 19.7. The Kier molecular flexibility index (Phi) is 7.65. The van der Waals surface area contributed by atoms with Gasteiger partial charge >= 0.3 is 5.97 Å². The van der Waals surface area contributed by atoms with E-state index in [1.165, 1.54) is 12.1 Å². The molecule has 1 aromatic carbocycles. The molecule has 0 spiro atoms. The number of carbonyl (C=O) groups is 4. The van der Waals surface area contributed by atoms with Gasteiger partial charge in [-0.2, -0.15) is 5.10 Å². The van der Waals surface area contributed by atoms with Crippen LogP contribution in [0, 0.1) is 5.92 Å². The molecule has 174 valence electrons. The van der Waals surface area contributed by atoms with E-state index in [0.29, 0.717) is 5.57 Å². The number of hydrogen-bond acceptors (Lipinski definition) is 8. The summed E-state index contributed by atoms with van der Waals surface area (Å²) in [5, 5.41) is 5.05. The molecular formula is C22H21Cl2N3O6. The third-order valence-electron chi connectivity index (χ3n) is 4.75. The van der Waals surface area contributed by atoms with Gasteiger partial charge in [-0.05, 0) is 25.0 Å². The topological polar surface area (TPSA) is 115 Å². The van der Waals surface area contributed by atoms with Crippen LogP contribution in [0.3, 0.4) is 0 Å².